The molecule has 0 saturated heterocycles. The number of fused-ring (bicyclic) bond motifs is 2. The van der Waals surface area contributed by atoms with E-state index in [1.54, 1.807) is 0 Å². The van der Waals surface area contributed by atoms with Gasteiger partial charge in [0.15, 0.2) is 12.5 Å². The van der Waals surface area contributed by atoms with Crippen molar-refractivity contribution in [1.82, 2.24) is 0 Å². The fourth-order valence-corrected chi connectivity index (χ4v) is 7.49. The van der Waals surface area contributed by atoms with Gasteiger partial charge in [-0.1, -0.05) is 84.9 Å². The Morgan fingerprint density at radius 2 is 0.979 bits per heavy atom. The molecule has 4 aromatic carbocycles. The van der Waals surface area contributed by atoms with E-state index in [1.165, 1.54) is 22.7 Å². The van der Waals surface area contributed by atoms with Crippen LogP contribution >= 0.6 is 22.7 Å². The first-order valence-electron chi connectivity index (χ1n) is 15.5. The molecule has 0 aliphatic heterocycles. The molecule has 6 aromatic rings. The van der Waals surface area contributed by atoms with Crippen LogP contribution in [0.4, 0.5) is 0 Å². The molecule has 0 fully saturated rings. The summed E-state index contributed by atoms with van der Waals surface area (Å²) in [6, 6.07) is 35.1. The molecule has 4 atom stereocenters. The van der Waals surface area contributed by atoms with Gasteiger partial charge in [-0.3, -0.25) is 11.5 Å². The van der Waals surface area contributed by atoms with E-state index in [1.807, 2.05) is 134 Å². The molecule has 2 aromatic heterocycles. The van der Waals surface area contributed by atoms with E-state index in [4.69, 9.17) is 30.4 Å². The quantitative estimate of drug-likeness (QED) is 0.0762. The first-order chi connectivity index (χ1) is 23.1. The zero-order valence-electron chi connectivity index (χ0n) is 26.5. The number of rotatable bonds is 12. The minimum absolute atomic E-state index is 0.0666. The van der Waals surface area contributed by atoms with Crippen molar-refractivity contribution in [3.05, 3.63) is 130 Å². The third-order valence-electron chi connectivity index (χ3n) is 8.12. The molecular weight excluding hydrogens is 645 g/mol. The monoisotopic (exact) mass is 680 g/mol. The number of carbonyl (C=O) groups is 2. The third-order valence-corrected chi connectivity index (χ3v) is 10.3. The molecule has 0 amide bonds. The standard InChI is InChI=1S/C38H36N2O6S2/c1-37(31-19-9-21-47-31,45-29-17-7-13-25-11-3-5-15-27(25)29)23-33(39)43-35(41)36(42)44-34(40)24-38(2,32-20-10-22-48-32)46-30-18-8-14-26-12-4-6-16-28(26)30/h3-22,33-34H,23-24,39-40H2,1-2H3. The van der Waals surface area contributed by atoms with E-state index in [9.17, 15) is 9.59 Å². The van der Waals surface area contributed by atoms with E-state index < -0.39 is 35.6 Å². The summed E-state index contributed by atoms with van der Waals surface area (Å²) >= 11 is 2.99. The van der Waals surface area contributed by atoms with Crippen LogP contribution in [0.15, 0.2) is 120 Å². The maximum absolute atomic E-state index is 12.9. The molecule has 10 heteroatoms. The molecule has 0 spiro atoms. The molecule has 0 radical (unpaired) electrons. The van der Waals surface area contributed by atoms with Gasteiger partial charge in [-0.15, -0.1) is 22.7 Å². The summed E-state index contributed by atoms with van der Waals surface area (Å²) in [5, 5.41) is 7.79. The Labute approximate surface area is 286 Å². The Morgan fingerprint density at radius 1 is 0.583 bits per heavy atom. The molecule has 0 bridgehead atoms. The normalized spacial score (nSPS) is 15.2. The number of thiophene rings is 2. The molecule has 8 nitrogen and oxygen atoms in total. The van der Waals surface area contributed by atoms with Crippen molar-refractivity contribution in [3.63, 3.8) is 0 Å². The summed E-state index contributed by atoms with van der Waals surface area (Å²) in [4.78, 5) is 27.6. The van der Waals surface area contributed by atoms with E-state index in [0.717, 1.165) is 31.3 Å². The number of hydrogen-bond acceptors (Lipinski definition) is 10. The fraction of sp³-hybridized carbons (Fsp3) is 0.211. The Bertz CT molecular complexity index is 1860. The summed E-state index contributed by atoms with van der Waals surface area (Å²) in [6.45, 7) is 3.76. The van der Waals surface area contributed by atoms with Gasteiger partial charge in [-0.2, -0.15) is 0 Å². The number of hydrogen-bond donors (Lipinski definition) is 2. The van der Waals surface area contributed by atoms with Gasteiger partial charge in [0.05, 0.1) is 0 Å². The molecule has 4 N–H and O–H groups in total. The van der Waals surface area contributed by atoms with Crippen LogP contribution in [0.3, 0.4) is 0 Å². The van der Waals surface area contributed by atoms with Crippen molar-refractivity contribution >= 4 is 56.2 Å². The van der Waals surface area contributed by atoms with Crippen molar-refractivity contribution in [2.75, 3.05) is 0 Å². The van der Waals surface area contributed by atoms with Gasteiger partial charge in [-0.25, -0.2) is 9.59 Å². The van der Waals surface area contributed by atoms with Crippen LogP contribution in [0.25, 0.3) is 21.5 Å². The van der Waals surface area contributed by atoms with Crippen LogP contribution in [-0.4, -0.2) is 24.4 Å². The molecule has 6 rings (SSSR count). The Morgan fingerprint density at radius 3 is 1.38 bits per heavy atom. The molecule has 0 aliphatic carbocycles. The summed E-state index contributed by atoms with van der Waals surface area (Å²) in [5.41, 5.74) is 10.7. The second-order valence-electron chi connectivity index (χ2n) is 11.9. The smallest absolute Gasteiger partial charge is 0.419 e. The van der Waals surface area contributed by atoms with Gasteiger partial charge >= 0.3 is 11.9 Å². The largest absolute Gasteiger partial charge is 0.481 e. The SMILES string of the molecule is CC(CC(N)OC(=O)C(=O)OC(N)CC(C)(Oc1cccc2ccccc12)c1cccs1)(Oc1cccc2ccccc12)c1cccs1. The van der Waals surface area contributed by atoms with Crippen LogP contribution in [0.5, 0.6) is 11.5 Å². The van der Waals surface area contributed by atoms with Gasteiger partial charge in [0, 0.05) is 33.4 Å². The number of esters is 2. The maximum atomic E-state index is 12.9. The molecule has 4 unspecified atom stereocenters. The van der Waals surface area contributed by atoms with Crippen LogP contribution < -0.4 is 20.9 Å². The van der Waals surface area contributed by atoms with Crippen molar-refractivity contribution < 1.29 is 28.5 Å². The van der Waals surface area contributed by atoms with Gasteiger partial charge in [0.1, 0.15) is 22.7 Å². The van der Waals surface area contributed by atoms with Gasteiger partial charge in [0.25, 0.3) is 0 Å². The summed E-state index contributed by atoms with van der Waals surface area (Å²) in [6.07, 6.45) is -2.24. The average molecular weight is 681 g/mol. The predicted octanol–water partition coefficient (Wildman–Crippen LogP) is 7.84. The lowest BCUT2D eigenvalue weighted by Crippen LogP contribution is -2.43. The number of benzene rings is 4. The molecular formula is C38H36N2O6S2. The van der Waals surface area contributed by atoms with Crippen LogP contribution in [0, 0.1) is 0 Å². The zero-order chi connectivity index (χ0) is 33.7. The topological polar surface area (TPSA) is 123 Å². The number of nitrogens with two attached hydrogens (primary N) is 2. The summed E-state index contributed by atoms with van der Waals surface area (Å²) in [5.74, 6) is -1.17. The number of carbonyl (C=O) groups excluding carboxylic acids is 2. The van der Waals surface area contributed by atoms with Crippen LogP contribution in [-0.2, 0) is 30.3 Å². The van der Waals surface area contributed by atoms with Gasteiger partial charge in [0.2, 0.25) is 0 Å². The lowest BCUT2D eigenvalue weighted by Gasteiger charge is -2.33. The molecule has 246 valence electrons. The molecule has 0 aliphatic rings. The zero-order valence-corrected chi connectivity index (χ0v) is 28.2. The van der Waals surface area contributed by atoms with Gasteiger partial charge in [-0.05, 0) is 59.6 Å². The first-order valence-corrected chi connectivity index (χ1v) is 17.2. The van der Waals surface area contributed by atoms with E-state index in [2.05, 4.69) is 0 Å². The second-order valence-corrected chi connectivity index (χ2v) is 13.8. The highest BCUT2D eigenvalue weighted by Crippen LogP contribution is 2.39. The summed E-state index contributed by atoms with van der Waals surface area (Å²) < 4.78 is 24.0. The fourth-order valence-electron chi connectivity index (χ4n) is 5.82. The van der Waals surface area contributed by atoms with E-state index >= 15 is 0 Å². The summed E-state index contributed by atoms with van der Waals surface area (Å²) in [7, 11) is 0. The minimum Gasteiger partial charge on any atom is -0.481 e. The van der Waals surface area contributed by atoms with Crippen molar-refractivity contribution in [2.24, 2.45) is 11.5 Å². The number of ether oxygens (including phenoxy) is 4. The lowest BCUT2D eigenvalue weighted by atomic mass is 9.98. The Balaban J connectivity index is 1.12. The Kier molecular flexibility index (Phi) is 9.79. The second kappa shape index (κ2) is 14.2. The molecule has 0 saturated carbocycles. The van der Waals surface area contributed by atoms with Crippen LogP contribution in [0.2, 0.25) is 0 Å². The predicted molar refractivity (Wildman–Crippen MR) is 190 cm³/mol. The lowest BCUT2D eigenvalue weighted by molar-refractivity contribution is -0.176. The van der Waals surface area contributed by atoms with Crippen molar-refractivity contribution in [2.45, 2.75) is 50.3 Å². The Hall–Kier alpha value is -4.74. The third kappa shape index (κ3) is 7.37. The van der Waals surface area contributed by atoms with Crippen LogP contribution in [0.1, 0.15) is 36.4 Å². The highest BCUT2D eigenvalue weighted by molar-refractivity contribution is 7.10. The maximum Gasteiger partial charge on any atom is 0.419 e. The van der Waals surface area contributed by atoms with Gasteiger partial charge < -0.3 is 18.9 Å². The first kappa shape index (κ1) is 33.2. The highest BCUT2D eigenvalue weighted by atomic mass is 32.1. The average Bonchev–Trinajstić information content (AvgIpc) is 3.81. The molecule has 2 heterocycles. The molecule has 48 heavy (non-hydrogen) atoms. The highest BCUT2D eigenvalue weighted by Gasteiger charge is 2.37. The van der Waals surface area contributed by atoms with Crippen molar-refractivity contribution in [3.8, 4) is 11.5 Å². The minimum atomic E-state index is -1.25. The van der Waals surface area contributed by atoms with E-state index in [0.29, 0.717) is 11.5 Å². The van der Waals surface area contributed by atoms with E-state index in [-0.39, 0.29) is 12.8 Å². The van der Waals surface area contributed by atoms with Crippen molar-refractivity contribution in [1.29, 1.82) is 0 Å².